The van der Waals surface area contributed by atoms with Gasteiger partial charge in [0.25, 0.3) is 0 Å². The molecule has 14 heteroatoms. The van der Waals surface area contributed by atoms with Gasteiger partial charge in [-0.05, 0) is 24.1 Å². The van der Waals surface area contributed by atoms with Gasteiger partial charge in [-0.3, -0.25) is 19.2 Å². The summed E-state index contributed by atoms with van der Waals surface area (Å²) in [5.74, 6) is -2.73. The molecule has 1 aromatic heterocycles. The fraction of sp³-hybridized carbons (Fsp3) is 0.525. The number of carbonyl (C=O) groups excluding carboxylic acids is 4. The Bertz CT molecular complexity index is 1750. The van der Waals surface area contributed by atoms with Crippen molar-refractivity contribution >= 4 is 34.8 Å². The van der Waals surface area contributed by atoms with E-state index in [9.17, 15) is 24.0 Å². The van der Waals surface area contributed by atoms with Gasteiger partial charge in [0.1, 0.15) is 30.7 Å². The maximum Gasteiger partial charge on any atom is 0.383 e. The lowest BCUT2D eigenvalue weighted by Crippen LogP contribution is -2.63. The van der Waals surface area contributed by atoms with Crippen LogP contribution in [-0.4, -0.2) is 67.8 Å². The van der Waals surface area contributed by atoms with Gasteiger partial charge < -0.3 is 42.3 Å². The number of rotatable bonds is 20. The monoisotopic (exact) mass is 754 g/mol. The summed E-state index contributed by atoms with van der Waals surface area (Å²) in [7, 11) is 0. The maximum absolute atomic E-state index is 13.4. The molecule has 1 aliphatic heterocycles. The van der Waals surface area contributed by atoms with E-state index in [0.717, 1.165) is 52.0 Å². The highest BCUT2D eigenvalue weighted by Crippen LogP contribution is 2.37. The number of carbonyl (C=O) groups is 4. The zero-order valence-corrected chi connectivity index (χ0v) is 31.5. The summed E-state index contributed by atoms with van der Waals surface area (Å²) in [5.41, 5.74) is 0.205. The van der Waals surface area contributed by atoms with Crippen molar-refractivity contribution in [2.45, 2.75) is 123 Å². The number of unbranched alkanes of at least 4 members (excludes halogenated alkanes) is 7. The molecule has 14 nitrogen and oxygen atoms in total. The molecule has 1 aliphatic rings. The van der Waals surface area contributed by atoms with Crippen LogP contribution in [-0.2, 0) is 49.5 Å². The molecule has 4 rings (SSSR count). The van der Waals surface area contributed by atoms with Crippen LogP contribution in [0.15, 0.2) is 57.7 Å². The number of benzene rings is 2. The average molecular weight is 755 g/mol. The average Bonchev–Trinajstić information content (AvgIpc) is 3.12. The van der Waals surface area contributed by atoms with Crippen molar-refractivity contribution < 1.29 is 61.5 Å². The van der Waals surface area contributed by atoms with Crippen LogP contribution in [0.2, 0.25) is 0 Å². The van der Waals surface area contributed by atoms with Crippen molar-refractivity contribution in [2.75, 3.05) is 13.2 Å². The van der Waals surface area contributed by atoms with Crippen LogP contribution in [0.5, 0.6) is 17.2 Å². The molecule has 294 valence electrons. The molecule has 5 atom stereocenters. The summed E-state index contributed by atoms with van der Waals surface area (Å²) in [6, 6.07) is 14.0. The predicted octanol–water partition coefficient (Wildman–Crippen LogP) is 6.35. The summed E-state index contributed by atoms with van der Waals surface area (Å²) in [6.45, 7) is 6.78. The molecule has 2 heterocycles. The maximum atomic E-state index is 13.4. The molecule has 3 aromatic rings. The smallest absolute Gasteiger partial charge is 0.383 e. The van der Waals surface area contributed by atoms with E-state index >= 15 is 0 Å². The summed E-state index contributed by atoms with van der Waals surface area (Å²) >= 11 is 0. The minimum absolute atomic E-state index is 0.0466. The Morgan fingerprint density at radius 3 is 1.96 bits per heavy atom. The molecule has 0 unspecified atom stereocenters. The van der Waals surface area contributed by atoms with E-state index in [-0.39, 0.29) is 29.4 Å². The van der Waals surface area contributed by atoms with Crippen molar-refractivity contribution in [1.82, 2.24) is 0 Å². The molecule has 0 radical (unpaired) electrons. The molecular formula is C40H50O14. The predicted molar refractivity (Wildman–Crippen MR) is 194 cm³/mol. The van der Waals surface area contributed by atoms with Crippen molar-refractivity contribution in [3.8, 4) is 17.2 Å². The van der Waals surface area contributed by atoms with Crippen molar-refractivity contribution in [3.05, 3.63) is 64.5 Å². The minimum atomic E-state index is -1.49. The Hall–Kier alpha value is -5.11. The van der Waals surface area contributed by atoms with Crippen LogP contribution in [0.1, 0.15) is 91.5 Å². The number of ether oxygens (including phenoxy) is 8. The second-order valence-corrected chi connectivity index (χ2v) is 13.0. The van der Waals surface area contributed by atoms with Gasteiger partial charge in [0.15, 0.2) is 18.0 Å². The van der Waals surface area contributed by atoms with Crippen LogP contribution < -0.4 is 19.8 Å². The molecule has 0 amide bonds. The zero-order valence-electron chi connectivity index (χ0n) is 31.5. The third-order valence-corrected chi connectivity index (χ3v) is 8.46. The largest absolute Gasteiger partial charge is 0.484 e. The lowest BCUT2D eigenvalue weighted by molar-refractivity contribution is -0.288. The Balaban J connectivity index is 1.63. The van der Waals surface area contributed by atoms with E-state index < -0.39 is 66.8 Å². The number of esters is 4. The molecule has 0 bridgehead atoms. The van der Waals surface area contributed by atoms with Crippen molar-refractivity contribution in [2.24, 2.45) is 0 Å². The molecule has 0 aliphatic carbocycles. The first-order chi connectivity index (χ1) is 26.0. The summed E-state index contributed by atoms with van der Waals surface area (Å²) in [6.07, 6.45) is 1.93. The Kier molecular flexibility index (Phi) is 16.2. The lowest BCUT2D eigenvalue weighted by Gasteiger charge is -2.43. The van der Waals surface area contributed by atoms with Crippen LogP contribution in [0.4, 0.5) is 0 Å². The van der Waals surface area contributed by atoms with Gasteiger partial charge in [0.2, 0.25) is 18.1 Å². The van der Waals surface area contributed by atoms with Gasteiger partial charge in [-0.25, -0.2) is 4.79 Å². The van der Waals surface area contributed by atoms with Gasteiger partial charge in [-0.1, -0.05) is 82.2 Å². The number of hydrogen-bond acceptors (Lipinski definition) is 14. The molecule has 2 aromatic carbocycles. The van der Waals surface area contributed by atoms with Crippen LogP contribution >= 0.6 is 0 Å². The molecular weight excluding hydrogens is 704 g/mol. The van der Waals surface area contributed by atoms with E-state index in [1.54, 1.807) is 12.1 Å². The first kappa shape index (κ1) is 41.6. The lowest BCUT2D eigenvalue weighted by atomic mass is 9.98. The first-order valence-electron chi connectivity index (χ1n) is 18.3. The summed E-state index contributed by atoms with van der Waals surface area (Å²) < 4.78 is 51.7. The molecule has 54 heavy (non-hydrogen) atoms. The number of fused-ring (bicyclic) bond motifs is 1. The third-order valence-electron chi connectivity index (χ3n) is 8.46. The van der Waals surface area contributed by atoms with E-state index in [1.807, 2.05) is 30.3 Å². The molecule has 1 saturated heterocycles. The fourth-order valence-corrected chi connectivity index (χ4v) is 6.03. The van der Waals surface area contributed by atoms with E-state index in [1.165, 1.54) is 38.7 Å². The minimum Gasteiger partial charge on any atom is -0.484 e. The van der Waals surface area contributed by atoms with Crippen LogP contribution in [0, 0.1) is 0 Å². The third kappa shape index (κ3) is 12.5. The summed E-state index contributed by atoms with van der Waals surface area (Å²) in [4.78, 5) is 61.7. The van der Waals surface area contributed by atoms with Gasteiger partial charge in [0, 0.05) is 33.8 Å². The van der Waals surface area contributed by atoms with Crippen LogP contribution in [0.3, 0.4) is 0 Å². The quantitative estimate of drug-likeness (QED) is 0.0540. The highest BCUT2D eigenvalue weighted by atomic mass is 16.7. The fourth-order valence-electron chi connectivity index (χ4n) is 6.03. The first-order valence-corrected chi connectivity index (χ1v) is 18.3. The highest BCUT2D eigenvalue weighted by molar-refractivity contribution is 5.86. The molecule has 1 fully saturated rings. The van der Waals surface area contributed by atoms with Gasteiger partial charge >= 0.3 is 29.5 Å². The Labute approximate surface area is 314 Å². The normalized spacial score (nSPS) is 19.4. The van der Waals surface area contributed by atoms with Gasteiger partial charge in [-0.15, -0.1) is 0 Å². The van der Waals surface area contributed by atoms with Crippen molar-refractivity contribution in [3.63, 3.8) is 0 Å². The topological polar surface area (TPSA) is 172 Å². The van der Waals surface area contributed by atoms with Crippen molar-refractivity contribution in [1.29, 1.82) is 0 Å². The Morgan fingerprint density at radius 1 is 0.685 bits per heavy atom. The van der Waals surface area contributed by atoms with E-state index in [4.69, 9.17) is 42.3 Å². The standard InChI is InChI=1S/C40H50O14/c1-6-7-8-9-10-11-12-16-21-46-37-34(48-23-29-17-14-13-15-18-29)31-20-19-30(22-32(31)53-39(37)45)52-40-38(51-28(5)44)36(50-27(4)43)35(49-26(3)42)33(54-40)24-47-25(2)41/h13-15,17-20,22,33,35-36,38,40H,6-12,16,21,23-24H2,1-5H3/t33-,35-,36+,38+,40+/m1/s1. The summed E-state index contributed by atoms with van der Waals surface area (Å²) in [5, 5.41) is 0.422. The van der Waals surface area contributed by atoms with E-state index in [2.05, 4.69) is 6.92 Å². The molecule has 0 N–H and O–H groups in total. The van der Waals surface area contributed by atoms with Gasteiger partial charge in [0.05, 0.1) is 12.0 Å². The second-order valence-electron chi connectivity index (χ2n) is 13.0. The second kappa shape index (κ2) is 21.0. The van der Waals surface area contributed by atoms with Crippen LogP contribution in [0.25, 0.3) is 11.0 Å². The SMILES string of the molecule is CCCCCCCCCCOc1c(OCc2ccccc2)c2ccc(O[C@H]3O[C@H](COC(C)=O)[C@@H](OC(C)=O)[C@H](OC(C)=O)[C@@H]3OC(C)=O)cc2oc1=O. The molecule has 0 spiro atoms. The van der Waals surface area contributed by atoms with Gasteiger partial charge in [-0.2, -0.15) is 0 Å². The highest BCUT2D eigenvalue weighted by Gasteiger charge is 2.53. The van der Waals surface area contributed by atoms with E-state index in [0.29, 0.717) is 12.0 Å². The Morgan fingerprint density at radius 2 is 1.31 bits per heavy atom. The number of hydrogen-bond donors (Lipinski definition) is 0. The zero-order chi connectivity index (χ0) is 39.0. The molecule has 0 saturated carbocycles.